The molecule has 0 saturated carbocycles. The third kappa shape index (κ3) is 2.51. The largest absolute Gasteiger partial charge is 0.397 e. The maximum absolute atomic E-state index is 12.4. The smallest absolute Gasteiger partial charge is 0.267 e. The minimum atomic E-state index is -0.186. The van der Waals surface area contributed by atoms with Crippen molar-refractivity contribution in [1.29, 1.82) is 0 Å². The molecule has 2 aromatic heterocycles. The number of fused-ring (bicyclic) bond motifs is 1. The Morgan fingerprint density at radius 3 is 2.67 bits per heavy atom. The van der Waals surface area contributed by atoms with E-state index in [1.807, 2.05) is 38.2 Å². The number of nitrogens with zero attached hydrogens (tertiary/aromatic N) is 2. The van der Waals surface area contributed by atoms with E-state index >= 15 is 0 Å². The minimum absolute atomic E-state index is 0.186. The van der Waals surface area contributed by atoms with E-state index in [0.29, 0.717) is 10.6 Å². The number of carbonyl (C=O) groups excluding carboxylic acids is 1. The van der Waals surface area contributed by atoms with Gasteiger partial charge in [-0.15, -0.1) is 11.3 Å². The second kappa shape index (κ2) is 5.30. The van der Waals surface area contributed by atoms with Gasteiger partial charge in [0.1, 0.15) is 9.71 Å². The Labute approximate surface area is 139 Å². The molecule has 3 N–H and O–H groups in total. The number of carbonyl (C=O) groups is 1. The molecule has 2 heterocycles. The number of halogens is 1. The van der Waals surface area contributed by atoms with E-state index in [2.05, 4.69) is 33.0 Å². The Morgan fingerprint density at radius 1 is 1.38 bits per heavy atom. The summed E-state index contributed by atoms with van der Waals surface area (Å²) in [4.78, 5) is 13.8. The van der Waals surface area contributed by atoms with Gasteiger partial charge in [0, 0.05) is 16.3 Å². The first kappa shape index (κ1) is 14.3. The molecule has 7 heteroatoms. The van der Waals surface area contributed by atoms with Crippen molar-refractivity contribution in [1.82, 2.24) is 9.78 Å². The zero-order chi connectivity index (χ0) is 15.1. The fourth-order valence-corrected chi connectivity index (χ4v) is 3.66. The lowest BCUT2D eigenvalue weighted by Crippen LogP contribution is -2.12. The highest BCUT2D eigenvalue weighted by Crippen LogP contribution is 2.35. The molecule has 0 spiro atoms. The molecule has 3 rings (SSSR count). The lowest BCUT2D eigenvalue weighted by atomic mass is 10.2. The van der Waals surface area contributed by atoms with Gasteiger partial charge >= 0.3 is 0 Å². The average molecular weight is 412 g/mol. The molecular weight excluding hydrogens is 399 g/mol. The summed E-state index contributed by atoms with van der Waals surface area (Å²) >= 11 is 3.59. The van der Waals surface area contributed by atoms with E-state index in [1.54, 1.807) is 4.68 Å². The van der Waals surface area contributed by atoms with Crippen LogP contribution in [0.5, 0.6) is 0 Å². The summed E-state index contributed by atoms with van der Waals surface area (Å²) in [5, 5.41) is 8.06. The zero-order valence-corrected chi connectivity index (χ0v) is 14.4. The minimum Gasteiger partial charge on any atom is -0.397 e. The van der Waals surface area contributed by atoms with E-state index in [-0.39, 0.29) is 5.91 Å². The molecule has 0 bridgehead atoms. The number of hydrogen-bond acceptors (Lipinski definition) is 4. The van der Waals surface area contributed by atoms with E-state index in [0.717, 1.165) is 25.2 Å². The molecule has 0 radical (unpaired) electrons. The highest BCUT2D eigenvalue weighted by Gasteiger charge is 2.20. The predicted molar refractivity (Wildman–Crippen MR) is 94.9 cm³/mol. The number of rotatable bonds is 2. The first-order valence-electron chi connectivity index (χ1n) is 6.26. The number of aromatic nitrogens is 2. The van der Waals surface area contributed by atoms with Crippen LogP contribution >= 0.6 is 33.9 Å². The maximum Gasteiger partial charge on any atom is 0.267 e. The van der Waals surface area contributed by atoms with Gasteiger partial charge in [0.2, 0.25) is 0 Å². The summed E-state index contributed by atoms with van der Waals surface area (Å²) < 4.78 is 2.88. The topological polar surface area (TPSA) is 72.9 Å². The molecule has 0 unspecified atom stereocenters. The number of nitrogens with two attached hydrogens (primary N) is 1. The van der Waals surface area contributed by atoms with Gasteiger partial charge in [0.05, 0.1) is 16.8 Å². The van der Waals surface area contributed by atoms with Crippen molar-refractivity contribution in [2.24, 2.45) is 7.05 Å². The van der Waals surface area contributed by atoms with Crippen LogP contribution in [0.3, 0.4) is 0 Å². The maximum atomic E-state index is 12.4. The molecule has 0 atom stereocenters. The quantitative estimate of drug-likeness (QED) is 0.634. The van der Waals surface area contributed by atoms with Gasteiger partial charge in [-0.25, -0.2) is 0 Å². The van der Waals surface area contributed by atoms with Gasteiger partial charge in [0.15, 0.2) is 0 Å². The van der Waals surface area contributed by atoms with E-state index in [1.165, 1.54) is 11.3 Å². The molecule has 1 aromatic carbocycles. The Morgan fingerprint density at radius 2 is 2.05 bits per heavy atom. The Balaban J connectivity index is 1.96. The van der Waals surface area contributed by atoms with Gasteiger partial charge in [-0.3, -0.25) is 9.48 Å². The lowest BCUT2D eigenvalue weighted by Gasteiger charge is -2.04. The van der Waals surface area contributed by atoms with E-state index in [9.17, 15) is 4.79 Å². The fraction of sp³-hybridized carbons (Fsp3) is 0.143. The molecule has 1 amide bonds. The molecule has 0 fully saturated rings. The highest BCUT2D eigenvalue weighted by molar-refractivity contribution is 14.1. The molecule has 108 valence electrons. The zero-order valence-electron chi connectivity index (χ0n) is 11.5. The van der Waals surface area contributed by atoms with Gasteiger partial charge in [-0.05, 0) is 53.8 Å². The van der Waals surface area contributed by atoms with E-state index < -0.39 is 0 Å². The lowest BCUT2D eigenvalue weighted by molar-refractivity contribution is 0.103. The number of hydrogen-bond donors (Lipinski definition) is 2. The molecule has 0 aliphatic heterocycles. The highest BCUT2D eigenvalue weighted by atomic mass is 127. The van der Waals surface area contributed by atoms with Crippen molar-refractivity contribution >= 4 is 61.4 Å². The van der Waals surface area contributed by atoms with Crippen LogP contribution in [-0.2, 0) is 7.05 Å². The number of benzene rings is 1. The number of amides is 1. The molecular formula is C14H13IN4OS. The number of nitrogens with one attached hydrogen (secondary N) is 1. The summed E-state index contributed by atoms with van der Waals surface area (Å²) in [5.41, 5.74) is 8.23. The molecule has 0 aliphatic rings. The number of anilines is 2. The molecule has 3 aromatic rings. The average Bonchev–Trinajstić information content (AvgIpc) is 2.92. The first-order chi connectivity index (χ1) is 9.97. The third-order valence-electron chi connectivity index (χ3n) is 3.19. The molecule has 0 aliphatic carbocycles. The van der Waals surface area contributed by atoms with Crippen LogP contribution in [0.2, 0.25) is 0 Å². The number of nitrogen functional groups attached to an aromatic ring is 1. The van der Waals surface area contributed by atoms with Crippen LogP contribution in [-0.4, -0.2) is 15.7 Å². The summed E-state index contributed by atoms with van der Waals surface area (Å²) in [6.45, 7) is 1.90. The van der Waals surface area contributed by atoms with Crippen molar-refractivity contribution < 1.29 is 4.79 Å². The van der Waals surface area contributed by atoms with Gasteiger partial charge in [-0.2, -0.15) is 5.10 Å². The van der Waals surface area contributed by atoms with Crippen molar-refractivity contribution in [3.05, 3.63) is 38.4 Å². The molecule has 5 nitrogen and oxygen atoms in total. The summed E-state index contributed by atoms with van der Waals surface area (Å²) in [5.74, 6) is -0.186. The van der Waals surface area contributed by atoms with Crippen molar-refractivity contribution in [2.75, 3.05) is 11.1 Å². The van der Waals surface area contributed by atoms with Crippen LogP contribution in [0.4, 0.5) is 11.4 Å². The normalized spacial score (nSPS) is 11.0. The van der Waals surface area contributed by atoms with Crippen LogP contribution in [0.25, 0.3) is 10.2 Å². The van der Waals surface area contributed by atoms with Crippen LogP contribution in [0.15, 0.2) is 24.3 Å². The number of thiophene rings is 1. The Kier molecular flexibility index (Phi) is 3.62. The van der Waals surface area contributed by atoms with Crippen LogP contribution < -0.4 is 11.1 Å². The first-order valence-corrected chi connectivity index (χ1v) is 8.15. The SMILES string of the molecule is Cc1nn(C)c2sc(C(=O)Nc3ccc(I)cc3)c(N)c12. The van der Waals surface area contributed by atoms with E-state index in [4.69, 9.17) is 5.73 Å². The second-order valence-corrected chi connectivity index (χ2v) is 6.94. The van der Waals surface area contributed by atoms with Gasteiger partial charge in [-0.1, -0.05) is 0 Å². The third-order valence-corrected chi connectivity index (χ3v) is 5.18. The molecule has 0 saturated heterocycles. The number of aryl methyl sites for hydroxylation is 2. The summed E-state index contributed by atoms with van der Waals surface area (Å²) in [6, 6.07) is 7.63. The van der Waals surface area contributed by atoms with Crippen molar-refractivity contribution in [2.45, 2.75) is 6.92 Å². The summed E-state index contributed by atoms with van der Waals surface area (Å²) in [7, 11) is 1.85. The monoisotopic (exact) mass is 412 g/mol. The van der Waals surface area contributed by atoms with Crippen molar-refractivity contribution in [3.8, 4) is 0 Å². The molecule has 21 heavy (non-hydrogen) atoms. The van der Waals surface area contributed by atoms with Gasteiger partial charge in [0.25, 0.3) is 5.91 Å². The van der Waals surface area contributed by atoms with Crippen LogP contribution in [0, 0.1) is 10.5 Å². The Bertz CT molecular complexity index is 835. The van der Waals surface area contributed by atoms with Crippen LogP contribution in [0.1, 0.15) is 15.4 Å². The summed E-state index contributed by atoms with van der Waals surface area (Å²) in [6.07, 6.45) is 0. The second-order valence-electron chi connectivity index (χ2n) is 4.70. The van der Waals surface area contributed by atoms with Crippen molar-refractivity contribution in [3.63, 3.8) is 0 Å². The Hall–Kier alpha value is -1.61. The standard InChI is InChI=1S/C14H13IN4OS/c1-7-10-11(16)12(21-14(10)19(2)18-7)13(20)17-9-5-3-8(15)4-6-9/h3-6H,16H2,1-2H3,(H,17,20). The van der Waals surface area contributed by atoms with Gasteiger partial charge < -0.3 is 11.1 Å². The fourth-order valence-electron chi connectivity index (χ4n) is 2.22. The predicted octanol–water partition coefficient (Wildman–Crippen LogP) is 3.38.